The van der Waals surface area contributed by atoms with Crippen molar-refractivity contribution in [2.45, 2.75) is 32.9 Å². The number of nitrogens with one attached hydrogen (secondary N) is 1. The third kappa shape index (κ3) is 3.70. The van der Waals surface area contributed by atoms with Crippen LogP contribution in [-0.2, 0) is 6.54 Å². The number of hydrogen-bond donors (Lipinski definition) is 1. The van der Waals surface area contributed by atoms with Crippen LogP contribution in [0.2, 0.25) is 0 Å². The minimum Gasteiger partial charge on any atom is -0.360 e. The molecule has 0 saturated heterocycles. The molecule has 0 aliphatic heterocycles. The Balaban J connectivity index is 2.01. The monoisotopic (exact) mass is 244 g/mol. The van der Waals surface area contributed by atoms with Crippen LogP contribution in [0, 0.1) is 5.92 Å². The lowest BCUT2D eigenvalue weighted by atomic mass is 9.97. The molecule has 1 aromatic carbocycles. The standard InChI is InChI=1S/C15H20N2O/c1-12(2)10-15(13-6-4-3-5-7-13)16-11-14-8-9-17-18-14/h3-9,12,15-16H,10-11H2,1-2H3. The van der Waals surface area contributed by atoms with Crippen molar-refractivity contribution >= 4 is 0 Å². The number of benzene rings is 1. The van der Waals surface area contributed by atoms with Crippen LogP contribution in [0.1, 0.15) is 37.6 Å². The van der Waals surface area contributed by atoms with E-state index in [0.717, 1.165) is 12.2 Å². The molecule has 1 atom stereocenters. The quantitative estimate of drug-likeness (QED) is 0.844. The molecule has 2 aromatic rings. The predicted molar refractivity (Wildman–Crippen MR) is 72.0 cm³/mol. The van der Waals surface area contributed by atoms with E-state index in [1.165, 1.54) is 5.56 Å². The second-order valence-corrected chi connectivity index (χ2v) is 4.95. The molecule has 0 spiro atoms. The Hall–Kier alpha value is -1.61. The van der Waals surface area contributed by atoms with Gasteiger partial charge in [0, 0.05) is 12.1 Å². The van der Waals surface area contributed by atoms with Crippen LogP contribution in [0.15, 0.2) is 47.1 Å². The highest BCUT2D eigenvalue weighted by Crippen LogP contribution is 2.21. The minimum absolute atomic E-state index is 0.358. The molecule has 0 aliphatic rings. The molecule has 3 nitrogen and oxygen atoms in total. The first-order chi connectivity index (χ1) is 8.75. The summed E-state index contributed by atoms with van der Waals surface area (Å²) >= 11 is 0. The van der Waals surface area contributed by atoms with Crippen molar-refractivity contribution in [1.29, 1.82) is 0 Å². The van der Waals surface area contributed by atoms with Gasteiger partial charge in [0.2, 0.25) is 0 Å². The summed E-state index contributed by atoms with van der Waals surface area (Å²) in [5.74, 6) is 1.53. The summed E-state index contributed by atoms with van der Waals surface area (Å²) in [6, 6.07) is 12.8. The van der Waals surface area contributed by atoms with Crippen molar-refractivity contribution in [2.24, 2.45) is 5.92 Å². The Labute approximate surface area is 108 Å². The molecule has 18 heavy (non-hydrogen) atoms. The lowest BCUT2D eigenvalue weighted by molar-refractivity contribution is 0.351. The Morgan fingerprint density at radius 1 is 1.17 bits per heavy atom. The molecule has 0 radical (unpaired) electrons. The van der Waals surface area contributed by atoms with Crippen molar-refractivity contribution in [2.75, 3.05) is 0 Å². The summed E-state index contributed by atoms with van der Waals surface area (Å²) < 4.78 is 5.11. The van der Waals surface area contributed by atoms with E-state index in [2.05, 4.69) is 48.6 Å². The van der Waals surface area contributed by atoms with Crippen molar-refractivity contribution in [3.05, 3.63) is 53.9 Å². The fourth-order valence-corrected chi connectivity index (χ4v) is 2.05. The maximum atomic E-state index is 5.11. The van der Waals surface area contributed by atoms with Crippen LogP contribution < -0.4 is 5.32 Å². The van der Waals surface area contributed by atoms with E-state index in [1.54, 1.807) is 6.20 Å². The highest BCUT2D eigenvalue weighted by atomic mass is 16.5. The van der Waals surface area contributed by atoms with Gasteiger partial charge in [-0.3, -0.25) is 0 Å². The molecule has 2 rings (SSSR count). The van der Waals surface area contributed by atoms with Gasteiger partial charge in [-0.15, -0.1) is 0 Å². The van der Waals surface area contributed by atoms with Crippen LogP contribution in [0.3, 0.4) is 0 Å². The van der Waals surface area contributed by atoms with Gasteiger partial charge in [0.25, 0.3) is 0 Å². The highest BCUT2D eigenvalue weighted by Gasteiger charge is 2.13. The van der Waals surface area contributed by atoms with Crippen molar-refractivity contribution < 1.29 is 4.52 Å². The lowest BCUT2D eigenvalue weighted by Crippen LogP contribution is -2.22. The largest absolute Gasteiger partial charge is 0.360 e. The van der Waals surface area contributed by atoms with Crippen molar-refractivity contribution in [1.82, 2.24) is 10.5 Å². The Morgan fingerprint density at radius 3 is 2.56 bits per heavy atom. The van der Waals surface area contributed by atoms with E-state index in [9.17, 15) is 0 Å². The molecule has 0 aliphatic carbocycles. The summed E-state index contributed by atoms with van der Waals surface area (Å²) in [7, 11) is 0. The Bertz CT molecular complexity index is 437. The number of aromatic nitrogens is 1. The SMILES string of the molecule is CC(C)CC(NCc1ccno1)c1ccccc1. The number of hydrogen-bond acceptors (Lipinski definition) is 3. The Kier molecular flexibility index (Phi) is 4.53. The van der Waals surface area contributed by atoms with Gasteiger partial charge in [-0.1, -0.05) is 49.3 Å². The summed E-state index contributed by atoms with van der Waals surface area (Å²) in [6.45, 7) is 5.20. The smallest absolute Gasteiger partial charge is 0.150 e. The van der Waals surface area contributed by atoms with E-state index < -0.39 is 0 Å². The molecule has 0 saturated carbocycles. The molecular weight excluding hydrogens is 224 g/mol. The maximum Gasteiger partial charge on any atom is 0.150 e. The van der Waals surface area contributed by atoms with E-state index in [1.807, 2.05) is 12.1 Å². The van der Waals surface area contributed by atoms with Gasteiger partial charge in [-0.05, 0) is 17.9 Å². The van der Waals surface area contributed by atoms with E-state index >= 15 is 0 Å². The van der Waals surface area contributed by atoms with Gasteiger partial charge in [-0.2, -0.15) is 0 Å². The normalized spacial score (nSPS) is 12.8. The van der Waals surface area contributed by atoms with Gasteiger partial charge in [0.05, 0.1) is 12.7 Å². The number of rotatable bonds is 6. The zero-order valence-corrected chi connectivity index (χ0v) is 11.0. The second kappa shape index (κ2) is 6.36. The van der Waals surface area contributed by atoms with E-state index in [-0.39, 0.29) is 0 Å². The highest BCUT2D eigenvalue weighted by molar-refractivity contribution is 5.19. The van der Waals surface area contributed by atoms with E-state index in [4.69, 9.17) is 4.52 Å². The van der Waals surface area contributed by atoms with Gasteiger partial charge >= 0.3 is 0 Å². The minimum atomic E-state index is 0.358. The van der Waals surface area contributed by atoms with Gasteiger partial charge in [0.15, 0.2) is 0 Å². The van der Waals surface area contributed by atoms with Crippen LogP contribution in [-0.4, -0.2) is 5.16 Å². The molecule has 3 heteroatoms. The second-order valence-electron chi connectivity index (χ2n) is 4.95. The fourth-order valence-electron chi connectivity index (χ4n) is 2.05. The van der Waals surface area contributed by atoms with Crippen molar-refractivity contribution in [3.63, 3.8) is 0 Å². The molecule has 1 aromatic heterocycles. The molecule has 0 fully saturated rings. The third-order valence-electron chi connectivity index (χ3n) is 2.92. The molecule has 96 valence electrons. The van der Waals surface area contributed by atoms with Crippen LogP contribution >= 0.6 is 0 Å². The average molecular weight is 244 g/mol. The fraction of sp³-hybridized carbons (Fsp3) is 0.400. The van der Waals surface area contributed by atoms with Crippen LogP contribution in [0.5, 0.6) is 0 Å². The topological polar surface area (TPSA) is 38.1 Å². The van der Waals surface area contributed by atoms with Gasteiger partial charge in [-0.25, -0.2) is 0 Å². The summed E-state index contributed by atoms with van der Waals surface area (Å²) in [4.78, 5) is 0. The van der Waals surface area contributed by atoms with Gasteiger partial charge in [0.1, 0.15) is 5.76 Å². The first-order valence-electron chi connectivity index (χ1n) is 6.43. The van der Waals surface area contributed by atoms with E-state index in [0.29, 0.717) is 18.5 Å². The molecule has 0 bridgehead atoms. The molecule has 1 heterocycles. The van der Waals surface area contributed by atoms with Crippen LogP contribution in [0.4, 0.5) is 0 Å². The zero-order valence-electron chi connectivity index (χ0n) is 11.0. The predicted octanol–water partition coefficient (Wildman–Crippen LogP) is 3.55. The molecular formula is C15H20N2O. The number of nitrogens with zero attached hydrogens (tertiary/aromatic N) is 1. The molecule has 1 unspecified atom stereocenters. The van der Waals surface area contributed by atoms with Crippen molar-refractivity contribution in [3.8, 4) is 0 Å². The molecule has 1 N–H and O–H groups in total. The van der Waals surface area contributed by atoms with Gasteiger partial charge < -0.3 is 9.84 Å². The maximum absolute atomic E-state index is 5.11. The molecule has 0 amide bonds. The zero-order chi connectivity index (χ0) is 12.8. The average Bonchev–Trinajstić information content (AvgIpc) is 2.88. The Morgan fingerprint density at radius 2 is 1.94 bits per heavy atom. The summed E-state index contributed by atoms with van der Waals surface area (Å²) in [5, 5.41) is 7.25. The van der Waals surface area contributed by atoms with Crippen LogP contribution in [0.25, 0.3) is 0 Å². The first kappa shape index (κ1) is 12.8. The third-order valence-corrected chi connectivity index (χ3v) is 2.92. The lowest BCUT2D eigenvalue weighted by Gasteiger charge is -2.20. The summed E-state index contributed by atoms with van der Waals surface area (Å²) in [6.07, 6.45) is 2.79. The summed E-state index contributed by atoms with van der Waals surface area (Å²) in [5.41, 5.74) is 1.32. The first-order valence-corrected chi connectivity index (χ1v) is 6.43.